The first-order valence-electron chi connectivity index (χ1n) is 8.80. The number of benzene rings is 1. The molecule has 2 amide bonds. The molecule has 1 saturated heterocycles. The molecule has 1 N–H and O–H groups in total. The second kappa shape index (κ2) is 9.33. The van der Waals surface area contributed by atoms with E-state index in [0.717, 1.165) is 51.7 Å². The van der Waals surface area contributed by atoms with Gasteiger partial charge in [-0.05, 0) is 37.7 Å². The smallest absolute Gasteiger partial charge is 0.223 e. The molecule has 4 nitrogen and oxygen atoms in total. The molecule has 4 heteroatoms. The van der Waals surface area contributed by atoms with Gasteiger partial charge in [-0.15, -0.1) is 0 Å². The molecule has 1 aromatic carbocycles. The van der Waals surface area contributed by atoms with Gasteiger partial charge in [0.25, 0.3) is 0 Å². The van der Waals surface area contributed by atoms with E-state index in [2.05, 4.69) is 17.4 Å². The molecule has 1 aromatic rings. The van der Waals surface area contributed by atoms with Crippen LogP contribution in [0.5, 0.6) is 0 Å². The van der Waals surface area contributed by atoms with E-state index in [-0.39, 0.29) is 17.7 Å². The topological polar surface area (TPSA) is 49.4 Å². The van der Waals surface area contributed by atoms with Crippen molar-refractivity contribution in [2.75, 3.05) is 19.6 Å². The highest BCUT2D eigenvalue weighted by molar-refractivity contribution is 5.80. The summed E-state index contributed by atoms with van der Waals surface area (Å²) in [5.74, 6) is 0.451. The Kier molecular flexibility index (Phi) is 7.11. The Morgan fingerprint density at radius 2 is 1.87 bits per heavy atom. The van der Waals surface area contributed by atoms with Gasteiger partial charge in [0.05, 0.1) is 0 Å². The van der Waals surface area contributed by atoms with Crippen molar-refractivity contribution in [2.24, 2.45) is 5.92 Å². The summed E-state index contributed by atoms with van der Waals surface area (Å²) in [6.45, 7) is 4.19. The van der Waals surface area contributed by atoms with Gasteiger partial charge in [-0.25, -0.2) is 0 Å². The lowest BCUT2D eigenvalue weighted by Gasteiger charge is -2.31. The molecule has 0 bridgehead atoms. The van der Waals surface area contributed by atoms with Gasteiger partial charge in [0, 0.05) is 32.0 Å². The minimum absolute atomic E-state index is 0.0670. The van der Waals surface area contributed by atoms with Crippen molar-refractivity contribution < 1.29 is 9.59 Å². The highest BCUT2D eigenvalue weighted by Gasteiger charge is 2.26. The maximum atomic E-state index is 12.2. The van der Waals surface area contributed by atoms with Gasteiger partial charge in [0.2, 0.25) is 11.8 Å². The maximum Gasteiger partial charge on any atom is 0.223 e. The van der Waals surface area contributed by atoms with E-state index in [0.29, 0.717) is 6.42 Å². The number of carbonyl (C=O) groups is 2. The van der Waals surface area contributed by atoms with Crippen LogP contribution in [0.15, 0.2) is 30.3 Å². The van der Waals surface area contributed by atoms with Gasteiger partial charge in [0.1, 0.15) is 0 Å². The van der Waals surface area contributed by atoms with E-state index >= 15 is 0 Å². The van der Waals surface area contributed by atoms with Crippen molar-refractivity contribution in [3.63, 3.8) is 0 Å². The Morgan fingerprint density at radius 1 is 1.17 bits per heavy atom. The zero-order chi connectivity index (χ0) is 16.5. The van der Waals surface area contributed by atoms with Crippen LogP contribution in [0.2, 0.25) is 0 Å². The molecule has 1 heterocycles. The van der Waals surface area contributed by atoms with Crippen LogP contribution in [0.3, 0.4) is 0 Å². The molecule has 0 aliphatic carbocycles. The summed E-state index contributed by atoms with van der Waals surface area (Å²) in [5, 5.41) is 3.05. The van der Waals surface area contributed by atoms with Crippen LogP contribution < -0.4 is 5.32 Å². The molecule has 1 aliphatic rings. The fraction of sp³-hybridized carbons (Fsp3) is 0.579. The molecule has 1 aliphatic heterocycles. The first kappa shape index (κ1) is 17.5. The number of nitrogens with zero attached hydrogens (tertiary/aromatic N) is 1. The van der Waals surface area contributed by atoms with Gasteiger partial charge in [-0.2, -0.15) is 0 Å². The highest BCUT2D eigenvalue weighted by Crippen LogP contribution is 2.18. The van der Waals surface area contributed by atoms with Crippen LogP contribution in [0, 0.1) is 5.92 Å². The van der Waals surface area contributed by atoms with E-state index < -0.39 is 0 Å². The number of hydrogen-bond donors (Lipinski definition) is 1. The third-order valence-corrected chi connectivity index (χ3v) is 4.47. The Hall–Kier alpha value is -1.84. The monoisotopic (exact) mass is 316 g/mol. The first-order valence-corrected chi connectivity index (χ1v) is 8.80. The number of rotatable bonds is 7. The summed E-state index contributed by atoms with van der Waals surface area (Å²) in [4.78, 5) is 25.9. The number of carbonyl (C=O) groups excluding carboxylic acids is 2. The van der Waals surface area contributed by atoms with Gasteiger partial charge < -0.3 is 10.2 Å². The molecule has 2 rings (SSSR count). The van der Waals surface area contributed by atoms with Crippen LogP contribution >= 0.6 is 0 Å². The Bertz CT molecular complexity index is 493. The summed E-state index contributed by atoms with van der Waals surface area (Å²) < 4.78 is 0. The highest BCUT2D eigenvalue weighted by atomic mass is 16.2. The van der Waals surface area contributed by atoms with Crippen molar-refractivity contribution in [1.29, 1.82) is 0 Å². The fourth-order valence-electron chi connectivity index (χ4n) is 3.06. The van der Waals surface area contributed by atoms with Gasteiger partial charge in [-0.3, -0.25) is 9.59 Å². The molecule has 0 atom stereocenters. The third-order valence-electron chi connectivity index (χ3n) is 4.47. The molecule has 0 aromatic heterocycles. The van der Waals surface area contributed by atoms with E-state index in [1.165, 1.54) is 5.56 Å². The number of piperidine rings is 1. The zero-order valence-electron chi connectivity index (χ0n) is 14.1. The molecule has 0 spiro atoms. The van der Waals surface area contributed by atoms with Gasteiger partial charge >= 0.3 is 0 Å². The summed E-state index contributed by atoms with van der Waals surface area (Å²) in [6.07, 6.45) is 5.05. The lowest BCUT2D eigenvalue weighted by molar-refractivity contribution is -0.135. The lowest BCUT2D eigenvalue weighted by atomic mass is 9.95. The normalized spacial score (nSPS) is 15.4. The number of nitrogens with one attached hydrogen (secondary N) is 1. The Morgan fingerprint density at radius 3 is 2.52 bits per heavy atom. The molecule has 126 valence electrons. The average molecular weight is 316 g/mol. The van der Waals surface area contributed by atoms with Crippen molar-refractivity contribution in [1.82, 2.24) is 10.2 Å². The Labute approximate surface area is 139 Å². The molecule has 0 radical (unpaired) electrons. The van der Waals surface area contributed by atoms with E-state index in [1.807, 2.05) is 30.0 Å². The van der Waals surface area contributed by atoms with Crippen LogP contribution in [-0.4, -0.2) is 36.3 Å². The van der Waals surface area contributed by atoms with Crippen LogP contribution in [0.4, 0.5) is 0 Å². The number of aryl methyl sites for hydroxylation is 1. The minimum atomic E-state index is 0.0670. The van der Waals surface area contributed by atoms with E-state index in [4.69, 9.17) is 0 Å². The fourth-order valence-corrected chi connectivity index (χ4v) is 3.06. The molecule has 0 saturated carbocycles. The third kappa shape index (κ3) is 5.70. The predicted octanol–water partition coefficient (Wildman–Crippen LogP) is 2.77. The van der Waals surface area contributed by atoms with Gasteiger partial charge in [-0.1, -0.05) is 37.3 Å². The second-order valence-corrected chi connectivity index (χ2v) is 6.29. The van der Waals surface area contributed by atoms with Crippen LogP contribution in [0.25, 0.3) is 0 Å². The largest absolute Gasteiger partial charge is 0.356 e. The van der Waals surface area contributed by atoms with Crippen molar-refractivity contribution >= 4 is 11.8 Å². The molecule has 23 heavy (non-hydrogen) atoms. The number of hydrogen-bond acceptors (Lipinski definition) is 2. The van der Waals surface area contributed by atoms with E-state index in [1.54, 1.807) is 0 Å². The van der Waals surface area contributed by atoms with Crippen molar-refractivity contribution in [3.8, 4) is 0 Å². The molecule has 1 fully saturated rings. The number of amides is 2. The van der Waals surface area contributed by atoms with Crippen LogP contribution in [0.1, 0.15) is 44.6 Å². The average Bonchev–Trinajstić information content (AvgIpc) is 2.60. The SMILES string of the molecule is CCCC(=O)N1CCC(C(=O)NCCCc2ccccc2)CC1. The summed E-state index contributed by atoms with van der Waals surface area (Å²) in [6, 6.07) is 10.3. The summed E-state index contributed by atoms with van der Waals surface area (Å²) in [5.41, 5.74) is 1.31. The number of likely N-dealkylation sites (tertiary alicyclic amines) is 1. The molecular weight excluding hydrogens is 288 g/mol. The summed E-state index contributed by atoms with van der Waals surface area (Å²) >= 11 is 0. The molecule has 0 unspecified atom stereocenters. The quantitative estimate of drug-likeness (QED) is 0.786. The standard InChI is InChI=1S/C19H28N2O2/c1-2-7-18(22)21-14-11-17(12-15-21)19(23)20-13-6-10-16-8-4-3-5-9-16/h3-5,8-9,17H,2,6-7,10-15H2,1H3,(H,20,23). The minimum Gasteiger partial charge on any atom is -0.356 e. The van der Waals surface area contributed by atoms with E-state index in [9.17, 15) is 9.59 Å². The van der Waals surface area contributed by atoms with Gasteiger partial charge in [0.15, 0.2) is 0 Å². The van der Waals surface area contributed by atoms with Crippen molar-refractivity contribution in [2.45, 2.75) is 45.4 Å². The zero-order valence-corrected chi connectivity index (χ0v) is 14.1. The molecular formula is C19H28N2O2. The second-order valence-electron chi connectivity index (χ2n) is 6.29. The first-order chi connectivity index (χ1) is 11.2. The summed E-state index contributed by atoms with van der Waals surface area (Å²) in [7, 11) is 0. The Balaban J connectivity index is 1.62. The predicted molar refractivity (Wildman–Crippen MR) is 92.0 cm³/mol. The van der Waals surface area contributed by atoms with Crippen LogP contribution in [-0.2, 0) is 16.0 Å². The van der Waals surface area contributed by atoms with Crippen molar-refractivity contribution in [3.05, 3.63) is 35.9 Å². The maximum absolute atomic E-state index is 12.2. The lowest BCUT2D eigenvalue weighted by Crippen LogP contribution is -2.43.